The summed E-state index contributed by atoms with van der Waals surface area (Å²) in [7, 11) is 0. The van der Waals surface area contributed by atoms with Crippen molar-refractivity contribution in [3.05, 3.63) is 64.0 Å². The Morgan fingerprint density at radius 2 is 1.89 bits per heavy atom. The van der Waals surface area contributed by atoms with Crippen molar-refractivity contribution in [2.75, 3.05) is 19.8 Å². The lowest BCUT2D eigenvalue weighted by Gasteiger charge is -2.18. The summed E-state index contributed by atoms with van der Waals surface area (Å²) in [5.41, 5.74) is 0.397. The maximum absolute atomic E-state index is 12.3. The van der Waals surface area contributed by atoms with E-state index in [1.54, 1.807) is 24.3 Å². The molecule has 0 saturated heterocycles. The standard InChI is InChI=1S/C21H15ClO5S/c22-21-14-3-1-2-4-18(14)28-19(21)7-8-20(24)27-12-15(23)13-5-6-16-17(11-13)26-10-9-25-16/h1-8,11H,9-10,12H2/b8-7+. The van der Waals surface area contributed by atoms with E-state index < -0.39 is 5.97 Å². The smallest absolute Gasteiger partial charge is 0.331 e. The van der Waals surface area contributed by atoms with Gasteiger partial charge in [-0.15, -0.1) is 11.3 Å². The molecule has 1 aliphatic heterocycles. The molecule has 1 aliphatic rings. The molecule has 4 rings (SSSR count). The maximum Gasteiger partial charge on any atom is 0.331 e. The highest BCUT2D eigenvalue weighted by molar-refractivity contribution is 7.20. The zero-order chi connectivity index (χ0) is 19.5. The summed E-state index contributed by atoms with van der Waals surface area (Å²) in [5.74, 6) is 0.184. The van der Waals surface area contributed by atoms with Gasteiger partial charge in [0.15, 0.2) is 23.9 Å². The Bertz CT molecular complexity index is 1090. The molecule has 0 saturated carbocycles. The van der Waals surface area contributed by atoms with Crippen molar-refractivity contribution in [2.45, 2.75) is 0 Å². The van der Waals surface area contributed by atoms with Crippen molar-refractivity contribution in [3.8, 4) is 11.5 Å². The fourth-order valence-electron chi connectivity index (χ4n) is 2.77. The molecule has 28 heavy (non-hydrogen) atoms. The number of carbonyl (C=O) groups is 2. The van der Waals surface area contributed by atoms with E-state index in [0.717, 1.165) is 15.0 Å². The molecule has 0 fully saturated rings. The SMILES string of the molecule is O=C(/C=C/c1sc2ccccc2c1Cl)OCC(=O)c1ccc2c(c1)OCCO2. The van der Waals surface area contributed by atoms with Gasteiger partial charge in [-0.05, 0) is 30.3 Å². The van der Waals surface area contributed by atoms with Crippen LogP contribution in [-0.4, -0.2) is 31.6 Å². The Labute approximate surface area is 170 Å². The first-order chi connectivity index (χ1) is 13.6. The van der Waals surface area contributed by atoms with Crippen molar-refractivity contribution < 1.29 is 23.8 Å². The quantitative estimate of drug-likeness (QED) is 0.342. The topological polar surface area (TPSA) is 61.8 Å². The largest absolute Gasteiger partial charge is 0.486 e. The number of halogens is 1. The molecule has 2 aromatic carbocycles. The minimum Gasteiger partial charge on any atom is -0.486 e. The second kappa shape index (κ2) is 8.04. The van der Waals surface area contributed by atoms with E-state index in [9.17, 15) is 9.59 Å². The Morgan fingerprint density at radius 3 is 2.71 bits per heavy atom. The molecule has 0 amide bonds. The zero-order valence-corrected chi connectivity index (χ0v) is 16.2. The lowest BCUT2D eigenvalue weighted by Crippen LogP contribution is -2.17. The van der Waals surface area contributed by atoms with E-state index in [1.165, 1.54) is 17.4 Å². The number of thiophene rings is 1. The molecule has 5 nitrogen and oxygen atoms in total. The molecule has 7 heteroatoms. The molecule has 1 aromatic heterocycles. The molecule has 0 radical (unpaired) electrons. The van der Waals surface area contributed by atoms with Crippen LogP contribution in [0, 0.1) is 0 Å². The first kappa shape index (κ1) is 18.5. The van der Waals surface area contributed by atoms with Crippen LogP contribution in [0.3, 0.4) is 0 Å². The predicted octanol–water partition coefficient (Wildman–Crippen LogP) is 4.77. The van der Waals surface area contributed by atoms with Crippen LogP contribution in [0.5, 0.6) is 11.5 Å². The van der Waals surface area contributed by atoms with Crippen LogP contribution in [0.25, 0.3) is 16.2 Å². The van der Waals surface area contributed by atoms with Gasteiger partial charge in [-0.3, -0.25) is 4.79 Å². The van der Waals surface area contributed by atoms with Crippen LogP contribution in [0.4, 0.5) is 0 Å². The Morgan fingerprint density at radius 1 is 1.11 bits per heavy atom. The monoisotopic (exact) mass is 414 g/mol. The molecule has 0 aliphatic carbocycles. The molecule has 0 bridgehead atoms. The van der Waals surface area contributed by atoms with Gasteiger partial charge in [0.2, 0.25) is 0 Å². The van der Waals surface area contributed by atoms with Crippen LogP contribution in [0.2, 0.25) is 5.02 Å². The first-order valence-electron chi connectivity index (χ1n) is 8.56. The highest BCUT2D eigenvalue weighted by Gasteiger charge is 2.16. The number of carbonyl (C=O) groups excluding carboxylic acids is 2. The number of benzene rings is 2. The van der Waals surface area contributed by atoms with Gasteiger partial charge in [0, 0.05) is 26.6 Å². The van der Waals surface area contributed by atoms with Gasteiger partial charge in [-0.1, -0.05) is 29.8 Å². The summed E-state index contributed by atoms with van der Waals surface area (Å²) in [4.78, 5) is 25.0. The second-order valence-electron chi connectivity index (χ2n) is 6.00. The Kier molecular flexibility index (Phi) is 5.32. The average Bonchev–Trinajstić information content (AvgIpc) is 3.06. The zero-order valence-electron chi connectivity index (χ0n) is 14.6. The maximum atomic E-state index is 12.3. The number of rotatable bonds is 5. The van der Waals surface area contributed by atoms with Crippen molar-refractivity contribution >= 4 is 50.9 Å². The molecular formula is C21H15ClO5S. The minimum absolute atomic E-state index is 0.321. The van der Waals surface area contributed by atoms with Crippen LogP contribution < -0.4 is 9.47 Å². The fourth-order valence-corrected chi connectivity index (χ4v) is 4.17. The summed E-state index contributed by atoms with van der Waals surface area (Å²) in [5, 5.41) is 1.54. The van der Waals surface area contributed by atoms with Crippen LogP contribution in [0.1, 0.15) is 15.2 Å². The molecule has 0 atom stereocenters. The van der Waals surface area contributed by atoms with Gasteiger partial charge in [-0.25, -0.2) is 4.79 Å². The normalized spacial score (nSPS) is 13.0. The van der Waals surface area contributed by atoms with Crippen LogP contribution in [-0.2, 0) is 9.53 Å². The lowest BCUT2D eigenvalue weighted by molar-refractivity contribution is -0.136. The fraction of sp³-hybridized carbons (Fsp3) is 0.143. The van der Waals surface area contributed by atoms with Crippen LogP contribution in [0.15, 0.2) is 48.5 Å². The molecule has 142 valence electrons. The van der Waals surface area contributed by atoms with Crippen molar-refractivity contribution in [2.24, 2.45) is 0 Å². The predicted molar refractivity (Wildman–Crippen MR) is 109 cm³/mol. The van der Waals surface area contributed by atoms with Gasteiger partial charge in [0.05, 0.1) is 5.02 Å². The van der Waals surface area contributed by atoms with Crippen molar-refractivity contribution in [1.82, 2.24) is 0 Å². The second-order valence-corrected chi connectivity index (χ2v) is 7.46. The number of Topliss-reactive ketones (excluding diaryl/α,β-unsaturated/α-hetero) is 1. The number of ketones is 1. The summed E-state index contributed by atoms with van der Waals surface area (Å²) in [6.07, 6.45) is 2.87. The molecule has 0 unspecified atom stereocenters. The van der Waals surface area contributed by atoms with E-state index in [2.05, 4.69) is 0 Å². The summed E-state index contributed by atoms with van der Waals surface area (Å²) >= 11 is 7.82. The molecule has 2 heterocycles. The van der Waals surface area contributed by atoms with Gasteiger partial charge in [0.1, 0.15) is 13.2 Å². The van der Waals surface area contributed by atoms with Gasteiger partial charge in [0.25, 0.3) is 0 Å². The Balaban J connectivity index is 1.38. The van der Waals surface area contributed by atoms with Gasteiger partial charge in [-0.2, -0.15) is 0 Å². The molecular weight excluding hydrogens is 400 g/mol. The van der Waals surface area contributed by atoms with Crippen molar-refractivity contribution in [1.29, 1.82) is 0 Å². The van der Waals surface area contributed by atoms with Crippen LogP contribution >= 0.6 is 22.9 Å². The molecule has 0 spiro atoms. The van der Waals surface area contributed by atoms with Crippen molar-refractivity contribution in [3.63, 3.8) is 0 Å². The number of hydrogen-bond acceptors (Lipinski definition) is 6. The number of esters is 1. The summed E-state index contributed by atoms with van der Waals surface area (Å²) in [6.45, 7) is 0.557. The molecule has 0 N–H and O–H groups in total. The highest BCUT2D eigenvalue weighted by Crippen LogP contribution is 2.36. The average molecular weight is 415 g/mol. The lowest BCUT2D eigenvalue weighted by atomic mass is 10.1. The van der Waals surface area contributed by atoms with E-state index in [4.69, 9.17) is 25.8 Å². The number of ether oxygens (including phenoxy) is 3. The van der Waals surface area contributed by atoms with E-state index in [1.807, 2.05) is 24.3 Å². The summed E-state index contributed by atoms with van der Waals surface area (Å²) in [6, 6.07) is 12.6. The van der Waals surface area contributed by atoms with Gasteiger partial charge >= 0.3 is 5.97 Å². The Hall–Kier alpha value is -2.83. The van der Waals surface area contributed by atoms with E-state index >= 15 is 0 Å². The minimum atomic E-state index is -0.612. The van der Waals surface area contributed by atoms with Gasteiger partial charge < -0.3 is 14.2 Å². The van der Waals surface area contributed by atoms with E-state index in [-0.39, 0.29) is 12.4 Å². The summed E-state index contributed by atoms with van der Waals surface area (Å²) < 4.78 is 17.0. The highest BCUT2D eigenvalue weighted by atomic mass is 35.5. The number of fused-ring (bicyclic) bond motifs is 2. The van der Waals surface area contributed by atoms with E-state index in [0.29, 0.717) is 35.3 Å². The molecule has 3 aromatic rings. The number of hydrogen-bond donors (Lipinski definition) is 0. The first-order valence-corrected chi connectivity index (χ1v) is 9.76. The third kappa shape index (κ3) is 3.88. The third-order valence-electron chi connectivity index (χ3n) is 4.14. The third-order valence-corrected chi connectivity index (χ3v) is 5.80.